The van der Waals surface area contributed by atoms with Crippen molar-refractivity contribution >= 4 is 49.5 Å². The summed E-state index contributed by atoms with van der Waals surface area (Å²) in [5.74, 6) is 0.786. The predicted octanol–water partition coefficient (Wildman–Crippen LogP) is 5.99. The number of hydrogen-bond acceptors (Lipinski definition) is 6. The van der Waals surface area contributed by atoms with Gasteiger partial charge in [-0.2, -0.15) is 9.78 Å². The summed E-state index contributed by atoms with van der Waals surface area (Å²) in [5, 5.41) is 18.3. The van der Waals surface area contributed by atoms with Gasteiger partial charge in [0, 0.05) is 22.2 Å². The first kappa shape index (κ1) is 23.4. The molecule has 9 heteroatoms. The average Bonchev–Trinajstić information content (AvgIpc) is 2.88. The summed E-state index contributed by atoms with van der Waals surface area (Å²) >= 11 is 3.37. The fourth-order valence-electron chi connectivity index (χ4n) is 3.97. The number of aryl methyl sites for hydroxylation is 1. The highest BCUT2D eigenvalue weighted by atomic mass is 79.9. The minimum Gasteiger partial charge on any atom is -0.488 e. The number of halogens is 1. The van der Waals surface area contributed by atoms with E-state index in [-0.39, 0.29) is 17.9 Å². The first-order valence-corrected chi connectivity index (χ1v) is 11.8. The van der Waals surface area contributed by atoms with Crippen LogP contribution in [0.4, 0.5) is 5.69 Å². The van der Waals surface area contributed by atoms with E-state index in [1.807, 2.05) is 48.5 Å². The van der Waals surface area contributed by atoms with Crippen LogP contribution in [-0.4, -0.2) is 20.8 Å². The standard InChI is InChI=1S/C27H19BrN4O4/c1-17-30-25-11-9-21(28)14-24(25)27(33)31(17)29-15-20-13-22(32(34)35)10-12-26(20)36-16-19-7-4-6-18-5-2-3-8-23(18)19/h2-15H,16H2,1H3. The Labute approximate surface area is 213 Å². The second-order valence-electron chi connectivity index (χ2n) is 8.09. The van der Waals surface area contributed by atoms with Gasteiger partial charge >= 0.3 is 0 Å². The highest BCUT2D eigenvalue weighted by Gasteiger charge is 2.13. The van der Waals surface area contributed by atoms with Gasteiger partial charge in [0.25, 0.3) is 11.2 Å². The fourth-order valence-corrected chi connectivity index (χ4v) is 4.33. The Morgan fingerprint density at radius 2 is 1.86 bits per heavy atom. The third kappa shape index (κ3) is 4.60. The Kier molecular flexibility index (Phi) is 6.30. The predicted molar refractivity (Wildman–Crippen MR) is 143 cm³/mol. The lowest BCUT2D eigenvalue weighted by Crippen LogP contribution is -2.20. The average molecular weight is 543 g/mol. The number of fused-ring (bicyclic) bond motifs is 2. The van der Waals surface area contributed by atoms with Crippen molar-refractivity contribution in [1.82, 2.24) is 9.66 Å². The molecule has 8 nitrogen and oxygen atoms in total. The Morgan fingerprint density at radius 3 is 2.69 bits per heavy atom. The SMILES string of the molecule is Cc1nc2ccc(Br)cc2c(=O)n1N=Cc1cc([N+](=O)[O-])ccc1OCc1cccc2ccccc12. The lowest BCUT2D eigenvalue weighted by Gasteiger charge is -2.11. The van der Waals surface area contributed by atoms with Crippen LogP contribution in [0.5, 0.6) is 5.75 Å². The maximum absolute atomic E-state index is 13.1. The molecule has 4 aromatic carbocycles. The molecule has 0 radical (unpaired) electrons. The van der Waals surface area contributed by atoms with E-state index in [2.05, 4.69) is 26.0 Å². The van der Waals surface area contributed by atoms with Crippen molar-refractivity contribution in [3.05, 3.63) is 121 Å². The molecule has 0 aliphatic carbocycles. The van der Waals surface area contributed by atoms with Gasteiger partial charge in [-0.15, -0.1) is 0 Å². The minimum absolute atomic E-state index is 0.112. The number of benzene rings is 4. The van der Waals surface area contributed by atoms with E-state index in [9.17, 15) is 14.9 Å². The maximum Gasteiger partial charge on any atom is 0.282 e. The van der Waals surface area contributed by atoms with Crippen molar-refractivity contribution in [2.24, 2.45) is 5.10 Å². The van der Waals surface area contributed by atoms with Gasteiger partial charge in [-0.1, -0.05) is 58.4 Å². The molecule has 0 spiro atoms. The monoisotopic (exact) mass is 542 g/mol. The number of ether oxygens (including phenoxy) is 1. The Morgan fingerprint density at radius 1 is 1.06 bits per heavy atom. The maximum atomic E-state index is 13.1. The molecule has 5 rings (SSSR count). The third-order valence-corrected chi connectivity index (χ3v) is 6.24. The summed E-state index contributed by atoms with van der Waals surface area (Å²) in [6.45, 7) is 1.93. The van der Waals surface area contributed by atoms with E-state index in [1.54, 1.807) is 19.1 Å². The smallest absolute Gasteiger partial charge is 0.282 e. The van der Waals surface area contributed by atoms with Crippen molar-refractivity contribution in [2.75, 3.05) is 0 Å². The molecular weight excluding hydrogens is 524 g/mol. The second kappa shape index (κ2) is 9.71. The molecule has 5 aromatic rings. The van der Waals surface area contributed by atoms with Gasteiger partial charge in [0.15, 0.2) is 0 Å². The number of nitrogens with zero attached hydrogens (tertiary/aromatic N) is 4. The summed E-state index contributed by atoms with van der Waals surface area (Å²) in [7, 11) is 0. The molecule has 0 unspecified atom stereocenters. The Bertz CT molecular complexity index is 1720. The number of aromatic nitrogens is 2. The van der Waals surface area contributed by atoms with Crippen LogP contribution in [0, 0.1) is 17.0 Å². The van der Waals surface area contributed by atoms with Gasteiger partial charge in [-0.25, -0.2) is 4.98 Å². The lowest BCUT2D eigenvalue weighted by molar-refractivity contribution is -0.384. The van der Waals surface area contributed by atoms with Crippen molar-refractivity contribution in [2.45, 2.75) is 13.5 Å². The number of hydrogen-bond donors (Lipinski definition) is 0. The molecule has 0 fully saturated rings. The van der Waals surface area contributed by atoms with Crippen LogP contribution in [0.2, 0.25) is 0 Å². The molecule has 0 aliphatic heterocycles. The van der Waals surface area contributed by atoms with Gasteiger partial charge < -0.3 is 4.74 Å². The highest BCUT2D eigenvalue weighted by molar-refractivity contribution is 9.10. The van der Waals surface area contributed by atoms with Crippen LogP contribution in [0.25, 0.3) is 21.7 Å². The number of nitro benzene ring substituents is 1. The quantitative estimate of drug-likeness (QED) is 0.149. The minimum atomic E-state index is -0.488. The molecule has 0 saturated heterocycles. The molecule has 0 N–H and O–H groups in total. The largest absolute Gasteiger partial charge is 0.488 e. The molecule has 0 saturated carbocycles. The van der Waals surface area contributed by atoms with Gasteiger partial charge in [0.05, 0.1) is 22.0 Å². The molecule has 0 bridgehead atoms. The van der Waals surface area contributed by atoms with Gasteiger partial charge in [0.2, 0.25) is 0 Å². The van der Waals surface area contributed by atoms with Crippen LogP contribution in [0.1, 0.15) is 17.0 Å². The summed E-state index contributed by atoms with van der Waals surface area (Å²) in [6.07, 6.45) is 1.38. The Balaban J connectivity index is 1.52. The number of non-ortho nitro benzene ring substituents is 1. The van der Waals surface area contributed by atoms with Crippen molar-refractivity contribution < 1.29 is 9.66 Å². The van der Waals surface area contributed by atoms with E-state index in [1.165, 1.54) is 29.1 Å². The van der Waals surface area contributed by atoms with E-state index in [4.69, 9.17) is 4.74 Å². The second-order valence-corrected chi connectivity index (χ2v) is 9.00. The topological polar surface area (TPSA) is 99.6 Å². The van der Waals surface area contributed by atoms with Crippen LogP contribution in [0.3, 0.4) is 0 Å². The molecular formula is C27H19BrN4O4. The first-order chi connectivity index (χ1) is 17.4. The third-order valence-electron chi connectivity index (χ3n) is 5.75. The normalized spacial score (nSPS) is 11.4. The van der Waals surface area contributed by atoms with Crippen LogP contribution in [-0.2, 0) is 6.61 Å². The summed E-state index contributed by atoms with van der Waals surface area (Å²) in [4.78, 5) is 28.4. The van der Waals surface area contributed by atoms with Crippen molar-refractivity contribution in [1.29, 1.82) is 0 Å². The van der Waals surface area contributed by atoms with Crippen LogP contribution < -0.4 is 10.3 Å². The first-order valence-electron chi connectivity index (χ1n) is 11.0. The zero-order valence-electron chi connectivity index (χ0n) is 19.1. The summed E-state index contributed by atoms with van der Waals surface area (Å²) in [6, 6.07) is 23.5. The molecule has 178 valence electrons. The van der Waals surface area contributed by atoms with Gasteiger partial charge in [0.1, 0.15) is 18.2 Å². The number of rotatable bonds is 6. The zero-order valence-corrected chi connectivity index (χ0v) is 20.7. The van der Waals surface area contributed by atoms with E-state index in [0.717, 1.165) is 20.8 Å². The highest BCUT2D eigenvalue weighted by Crippen LogP contribution is 2.26. The van der Waals surface area contributed by atoms with Gasteiger partial charge in [-0.3, -0.25) is 14.9 Å². The van der Waals surface area contributed by atoms with E-state index in [0.29, 0.717) is 28.0 Å². The van der Waals surface area contributed by atoms with Crippen molar-refractivity contribution in [3.63, 3.8) is 0 Å². The van der Waals surface area contributed by atoms with Gasteiger partial charge in [-0.05, 0) is 47.5 Å². The summed E-state index contributed by atoms with van der Waals surface area (Å²) in [5.41, 5.74) is 1.44. The Hall–Kier alpha value is -4.37. The van der Waals surface area contributed by atoms with E-state index < -0.39 is 4.92 Å². The van der Waals surface area contributed by atoms with Crippen molar-refractivity contribution in [3.8, 4) is 5.75 Å². The number of nitro groups is 1. The summed E-state index contributed by atoms with van der Waals surface area (Å²) < 4.78 is 7.99. The molecule has 0 amide bonds. The van der Waals surface area contributed by atoms with Crippen LogP contribution >= 0.6 is 15.9 Å². The molecule has 1 aromatic heterocycles. The molecule has 1 heterocycles. The fraction of sp³-hybridized carbons (Fsp3) is 0.0741. The molecule has 36 heavy (non-hydrogen) atoms. The van der Waals surface area contributed by atoms with Crippen LogP contribution in [0.15, 0.2) is 93.2 Å². The lowest BCUT2D eigenvalue weighted by atomic mass is 10.1. The molecule has 0 atom stereocenters. The zero-order chi connectivity index (χ0) is 25.2. The molecule has 0 aliphatic rings. The van der Waals surface area contributed by atoms with E-state index >= 15 is 0 Å².